The zero-order chi connectivity index (χ0) is 11.6. The average Bonchev–Trinajstić information content (AvgIpc) is 1.96. The van der Waals surface area contributed by atoms with Crippen LogP contribution in [0.15, 0.2) is 0 Å². The minimum absolute atomic E-state index is 0. The van der Waals surface area contributed by atoms with Crippen LogP contribution in [0.4, 0.5) is 4.70 Å². The summed E-state index contributed by atoms with van der Waals surface area (Å²) < 4.78 is 39.9. The summed E-state index contributed by atoms with van der Waals surface area (Å²) in [6, 6.07) is 0. The first-order chi connectivity index (χ1) is 6.08. The molecule has 6 nitrogen and oxygen atoms in total. The Balaban J connectivity index is 0. The maximum absolute atomic E-state index is 11.0. The third-order valence-electron chi connectivity index (χ3n) is 2.33. The van der Waals surface area contributed by atoms with E-state index in [4.69, 9.17) is 14.3 Å². The number of hydrogen-bond donors (Lipinski definition) is 3. The second-order valence-electron chi connectivity index (χ2n) is 3.19. The van der Waals surface area contributed by atoms with Gasteiger partial charge in [-0.3, -0.25) is 13.8 Å². The van der Waals surface area contributed by atoms with Gasteiger partial charge >= 0.3 is 7.60 Å². The number of halogens is 1. The zero-order valence-electron chi connectivity index (χ0n) is 8.45. The molecule has 0 saturated carbocycles. The Morgan fingerprint density at radius 3 is 1.60 bits per heavy atom. The van der Waals surface area contributed by atoms with Gasteiger partial charge in [0.2, 0.25) is 0 Å². The quantitative estimate of drug-likeness (QED) is 0.500. The van der Waals surface area contributed by atoms with Crippen molar-refractivity contribution in [3.8, 4) is 0 Å². The highest BCUT2D eigenvalue weighted by atomic mass is 32.2. The van der Waals surface area contributed by atoms with E-state index in [1.54, 1.807) is 0 Å². The van der Waals surface area contributed by atoms with Gasteiger partial charge in [-0.15, -0.1) is 0 Å². The fourth-order valence-electron chi connectivity index (χ4n) is 1.30. The Kier molecular flexibility index (Phi) is 6.21. The smallest absolute Gasteiger partial charge is 0.324 e. The molecule has 0 saturated heterocycles. The van der Waals surface area contributed by atoms with Crippen LogP contribution in [0.25, 0.3) is 0 Å². The Bertz CT molecular complexity index is 330. The normalized spacial score (nSPS) is 13.4. The average molecular weight is 266 g/mol. The van der Waals surface area contributed by atoms with Crippen LogP contribution in [-0.2, 0) is 14.7 Å². The van der Waals surface area contributed by atoms with Gasteiger partial charge in [-0.25, -0.2) is 0 Å². The van der Waals surface area contributed by atoms with Gasteiger partial charge in [0.15, 0.2) is 0 Å². The van der Waals surface area contributed by atoms with E-state index < -0.39 is 28.6 Å². The van der Waals surface area contributed by atoms with E-state index in [9.17, 15) is 13.0 Å². The van der Waals surface area contributed by atoms with E-state index in [0.29, 0.717) is 0 Å². The third-order valence-corrected chi connectivity index (χ3v) is 5.38. The van der Waals surface area contributed by atoms with Crippen molar-refractivity contribution in [2.24, 2.45) is 0 Å². The fourth-order valence-corrected chi connectivity index (χ4v) is 4.38. The number of hydrogen-bond acceptors (Lipinski definition) is 3. The van der Waals surface area contributed by atoms with Gasteiger partial charge in [0.1, 0.15) is 4.75 Å². The van der Waals surface area contributed by atoms with Crippen LogP contribution in [0, 0.1) is 0 Å². The van der Waals surface area contributed by atoms with Crippen LogP contribution >= 0.6 is 7.60 Å². The van der Waals surface area contributed by atoms with E-state index in [1.807, 2.05) is 0 Å². The van der Waals surface area contributed by atoms with Crippen LogP contribution in [0.1, 0.15) is 26.7 Å². The van der Waals surface area contributed by atoms with E-state index in [0.717, 1.165) is 0 Å². The molecular formula is C6H16FO6PS. The fraction of sp³-hybridized carbons (Fsp3) is 1.00. The molecule has 3 N–H and O–H groups in total. The van der Waals surface area contributed by atoms with Crippen molar-refractivity contribution in [3.63, 3.8) is 0 Å². The third kappa shape index (κ3) is 4.56. The largest absolute Gasteiger partial charge is 0.327 e. The van der Waals surface area contributed by atoms with Crippen LogP contribution < -0.4 is 0 Å². The number of rotatable bonds is 5. The van der Waals surface area contributed by atoms with Gasteiger partial charge in [-0.05, 0) is 12.8 Å². The zero-order valence-corrected chi connectivity index (χ0v) is 10.2. The lowest BCUT2D eigenvalue weighted by Crippen LogP contribution is -2.40. The second-order valence-corrected chi connectivity index (χ2v) is 6.65. The van der Waals surface area contributed by atoms with Gasteiger partial charge in [-0.2, -0.15) is 8.42 Å². The van der Waals surface area contributed by atoms with Crippen LogP contribution in [0.3, 0.4) is 0 Å². The predicted molar refractivity (Wildman–Crippen MR) is 54.3 cm³/mol. The van der Waals surface area contributed by atoms with Crippen molar-refractivity contribution in [2.75, 3.05) is 6.16 Å². The molecule has 0 atom stereocenters. The molecule has 94 valence electrons. The van der Waals surface area contributed by atoms with Crippen molar-refractivity contribution in [1.82, 2.24) is 0 Å². The Labute approximate surface area is 88.0 Å². The van der Waals surface area contributed by atoms with Crippen molar-refractivity contribution >= 4 is 17.7 Å². The summed E-state index contributed by atoms with van der Waals surface area (Å²) in [6.07, 6.45) is -0.910. The molecule has 0 aliphatic carbocycles. The maximum atomic E-state index is 11.0. The molecule has 0 fully saturated rings. The summed E-state index contributed by atoms with van der Waals surface area (Å²) in [5.74, 6) is 0. The molecule has 0 radical (unpaired) electrons. The van der Waals surface area contributed by atoms with Gasteiger partial charge in [-0.1, -0.05) is 13.8 Å². The van der Waals surface area contributed by atoms with Crippen molar-refractivity contribution in [1.29, 1.82) is 0 Å². The Morgan fingerprint density at radius 2 is 1.53 bits per heavy atom. The molecule has 15 heavy (non-hydrogen) atoms. The first-order valence-electron chi connectivity index (χ1n) is 4.09. The molecular weight excluding hydrogens is 250 g/mol. The van der Waals surface area contributed by atoms with Crippen LogP contribution in [0.2, 0.25) is 0 Å². The molecule has 0 unspecified atom stereocenters. The summed E-state index contributed by atoms with van der Waals surface area (Å²) >= 11 is 0. The molecule has 0 aliphatic heterocycles. The molecule has 0 bridgehead atoms. The van der Waals surface area contributed by atoms with Gasteiger partial charge in [0.05, 0.1) is 6.16 Å². The van der Waals surface area contributed by atoms with Crippen molar-refractivity contribution in [3.05, 3.63) is 0 Å². The van der Waals surface area contributed by atoms with Crippen LogP contribution in [0.5, 0.6) is 0 Å². The lowest BCUT2D eigenvalue weighted by Gasteiger charge is -2.27. The summed E-state index contributed by atoms with van der Waals surface area (Å²) in [5.41, 5.74) is 0. The molecule has 0 amide bonds. The highest BCUT2D eigenvalue weighted by Gasteiger charge is 2.44. The topological polar surface area (TPSA) is 112 Å². The summed E-state index contributed by atoms with van der Waals surface area (Å²) in [6.45, 7) is 2.93. The Hall–Kier alpha value is -0.0100. The van der Waals surface area contributed by atoms with Gasteiger partial charge < -0.3 is 9.79 Å². The monoisotopic (exact) mass is 266 g/mol. The highest BCUT2D eigenvalue weighted by Crippen LogP contribution is 2.43. The lowest BCUT2D eigenvalue weighted by atomic mass is 10.1. The molecule has 0 aromatic rings. The van der Waals surface area contributed by atoms with E-state index in [2.05, 4.69) is 0 Å². The molecule has 0 rings (SSSR count). The highest BCUT2D eigenvalue weighted by molar-refractivity contribution is 7.87. The Morgan fingerprint density at radius 1 is 1.20 bits per heavy atom. The first kappa shape index (κ1) is 17.4. The van der Waals surface area contributed by atoms with Gasteiger partial charge in [0.25, 0.3) is 10.1 Å². The molecule has 0 aromatic heterocycles. The molecule has 0 heterocycles. The van der Waals surface area contributed by atoms with Crippen molar-refractivity contribution in [2.45, 2.75) is 31.4 Å². The van der Waals surface area contributed by atoms with Crippen LogP contribution in [-0.4, -0.2) is 33.7 Å². The summed E-state index contributed by atoms with van der Waals surface area (Å²) in [7, 11) is -8.91. The maximum Gasteiger partial charge on any atom is 0.327 e. The lowest BCUT2D eigenvalue weighted by molar-refractivity contribution is 0.351. The van der Waals surface area contributed by atoms with E-state index in [1.165, 1.54) is 13.8 Å². The molecule has 0 aromatic carbocycles. The predicted octanol–water partition coefficient (Wildman–Crippen LogP) is 0.763. The minimum Gasteiger partial charge on any atom is -0.324 e. The standard InChI is InChI=1S/C6H15O6PS.FH/c1-3-6(4-2,14(10,11)12)5-13(7,8)9;/h3-5H2,1-2H3,(H2,7,8,9)(H,10,11,12);1H. The minimum atomic E-state index is -4.46. The van der Waals surface area contributed by atoms with E-state index in [-0.39, 0.29) is 17.5 Å². The first-order valence-corrected chi connectivity index (χ1v) is 7.33. The summed E-state index contributed by atoms with van der Waals surface area (Å²) in [4.78, 5) is 17.4. The molecule has 0 spiro atoms. The molecule has 0 aliphatic rings. The second kappa shape index (κ2) is 5.36. The summed E-state index contributed by atoms with van der Waals surface area (Å²) in [5, 5.41) is 0. The van der Waals surface area contributed by atoms with Gasteiger partial charge in [0, 0.05) is 0 Å². The molecule has 9 heteroatoms. The SMILES string of the molecule is CCC(CC)(CP(=O)(O)O)S(=O)(=O)O.F. The van der Waals surface area contributed by atoms with Crippen molar-refractivity contribution < 1.29 is 32.0 Å². The van der Waals surface area contributed by atoms with E-state index >= 15 is 0 Å².